The average molecular weight is 246 g/mol. The molecule has 4 rings (SSSR count). The predicted molar refractivity (Wildman–Crippen MR) is 76.5 cm³/mol. The Morgan fingerprint density at radius 2 is 2.00 bits per heavy atom. The lowest BCUT2D eigenvalue weighted by molar-refractivity contribution is -0.109. The second-order valence-corrected chi connectivity index (χ2v) is 5.30. The van der Waals surface area contributed by atoms with Crippen LogP contribution in [-0.4, -0.2) is 6.29 Å². The highest BCUT2D eigenvalue weighted by molar-refractivity contribution is 5.83. The molecule has 1 unspecified atom stereocenters. The lowest BCUT2D eigenvalue weighted by Gasteiger charge is -2.18. The molecule has 1 aromatic carbocycles. The molecule has 0 bridgehead atoms. The number of hydrogen-bond acceptors (Lipinski definition) is 1. The quantitative estimate of drug-likeness (QED) is 0.691. The summed E-state index contributed by atoms with van der Waals surface area (Å²) in [5.41, 5.74) is 7.83. The number of benzene rings is 1. The van der Waals surface area contributed by atoms with E-state index in [0.717, 1.165) is 19.1 Å². The second-order valence-electron chi connectivity index (χ2n) is 5.30. The van der Waals surface area contributed by atoms with E-state index in [4.69, 9.17) is 0 Å². The summed E-state index contributed by atoms with van der Waals surface area (Å²) in [4.78, 5) is 11.5. The van der Waals surface area contributed by atoms with Crippen molar-refractivity contribution in [2.45, 2.75) is 12.8 Å². The smallest absolute Gasteiger partial charge is 0.131 e. The van der Waals surface area contributed by atoms with Crippen LogP contribution in [0.25, 0.3) is 6.08 Å². The van der Waals surface area contributed by atoms with Gasteiger partial charge < -0.3 is 4.79 Å². The van der Waals surface area contributed by atoms with Crippen molar-refractivity contribution in [1.82, 2.24) is 0 Å². The normalized spacial score (nSPS) is 23.3. The van der Waals surface area contributed by atoms with Crippen molar-refractivity contribution in [3.8, 4) is 0 Å². The Kier molecular flexibility index (Phi) is 2.22. The Balaban J connectivity index is 1.95. The molecule has 0 saturated carbocycles. The van der Waals surface area contributed by atoms with Crippen molar-refractivity contribution in [2.24, 2.45) is 5.92 Å². The minimum absolute atomic E-state index is 0.0525. The first-order valence-corrected chi connectivity index (χ1v) is 6.73. The second kappa shape index (κ2) is 3.92. The fourth-order valence-electron chi connectivity index (χ4n) is 3.42. The standard InChI is InChI=1S/C18H14O/c19-11-18-15-8-4-3-7-14(15)16-9-12-5-1-2-6-13(12)10-17(16)18/h1-6,8,10-11,18H,7,9H2. The zero-order chi connectivity index (χ0) is 12.8. The third-order valence-electron chi connectivity index (χ3n) is 4.33. The lowest BCUT2D eigenvalue weighted by atomic mass is 9.86. The average Bonchev–Trinajstić information content (AvgIpc) is 2.78. The Bertz CT molecular complexity index is 698. The van der Waals surface area contributed by atoms with Gasteiger partial charge in [0, 0.05) is 0 Å². The summed E-state index contributed by atoms with van der Waals surface area (Å²) in [6, 6.07) is 8.48. The molecule has 0 spiro atoms. The van der Waals surface area contributed by atoms with Crippen molar-refractivity contribution in [3.63, 3.8) is 0 Å². The van der Waals surface area contributed by atoms with Crippen LogP contribution in [0.4, 0.5) is 0 Å². The molecular formula is C18H14O. The highest BCUT2D eigenvalue weighted by Crippen LogP contribution is 2.47. The van der Waals surface area contributed by atoms with Gasteiger partial charge in [-0.15, -0.1) is 0 Å². The highest BCUT2D eigenvalue weighted by atomic mass is 16.1. The van der Waals surface area contributed by atoms with Crippen molar-refractivity contribution in [1.29, 1.82) is 0 Å². The fraction of sp³-hybridized carbons (Fsp3) is 0.167. The van der Waals surface area contributed by atoms with Crippen molar-refractivity contribution in [3.05, 3.63) is 75.9 Å². The largest absolute Gasteiger partial charge is 0.302 e. The molecule has 1 nitrogen and oxygen atoms in total. The first-order chi connectivity index (χ1) is 9.38. The topological polar surface area (TPSA) is 17.1 Å². The zero-order valence-electron chi connectivity index (χ0n) is 10.6. The molecule has 1 atom stereocenters. The van der Waals surface area contributed by atoms with Gasteiger partial charge in [0.2, 0.25) is 0 Å². The molecule has 0 N–H and O–H groups in total. The van der Waals surface area contributed by atoms with Crippen LogP contribution in [0.2, 0.25) is 0 Å². The van der Waals surface area contributed by atoms with Crippen molar-refractivity contribution < 1.29 is 4.79 Å². The Morgan fingerprint density at radius 3 is 2.89 bits per heavy atom. The molecule has 0 saturated heterocycles. The Labute approximate surface area is 112 Å². The maximum atomic E-state index is 11.5. The number of carbonyl (C=O) groups is 1. The minimum atomic E-state index is -0.0525. The van der Waals surface area contributed by atoms with Crippen LogP contribution >= 0.6 is 0 Å². The Morgan fingerprint density at radius 1 is 1.11 bits per heavy atom. The molecule has 1 aromatic rings. The van der Waals surface area contributed by atoms with Gasteiger partial charge >= 0.3 is 0 Å². The molecule has 0 amide bonds. The summed E-state index contributed by atoms with van der Waals surface area (Å²) in [6.45, 7) is 0. The van der Waals surface area contributed by atoms with E-state index in [1.807, 2.05) is 0 Å². The number of fused-ring (bicyclic) bond motifs is 3. The first kappa shape index (κ1) is 10.7. The summed E-state index contributed by atoms with van der Waals surface area (Å²) in [7, 11) is 0. The summed E-state index contributed by atoms with van der Waals surface area (Å²) in [6.07, 6.45) is 11.6. The predicted octanol–water partition coefficient (Wildman–Crippen LogP) is 3.64. The third kappa shape index (κ3) is 1.45. The van der Waals surface area contributed by atoms with E-state index in [-0.39, 0.29) is 5.92 Å². The minimum Gasteiger partial charge on any atom is -0.302 e. The SMILES string of the molecule is O=CC1C2=CC=CCC2=C2Cc3ccccc3C=C21. The van der Waals surface area contributed by atoms with Gasteiger partial charge in [0.05, 0.1) is 5.92 Å². The van der Waals surface area contributed by atoms with E-state index in [1.54, 1.807) is 0 Å². The molecule has 3 aliphatic carbocycles. The Hall–Kier alpha value is -2.15. The van der Waals surface area contributed by atoms with Gasteiger partial charge in [0.25, 0.3) is 0 Å². The summed E-state index contributed by atoms with van der Waals surface area (Å²) >= 11 is 0. The van der Waals surface area contributed by atoms with E-state index < -0.39 is 0 Å². The number of allylic oxidation sites excluding steroid dienone is 7. The van der Waals surface area contributed by atoms with Crippen LogP contribution in [0.1, 0.15) is 17.5 Å². The van der Waals surface area contributed by atoms with E-state index >= 15 is 0 Å². The van der Waals surface area contributed by atoms with Gasteiger partial charge in [-0.25, -0.2) is 0 Å². The van der Waals surface area contributed by atoms with Crippen LogP contribution < -0.4 is 0 Å². The van der Waals surface area contributed by atoms with E-state index in [0.29, 0.717) is 0 Å². The van der Waals surface area contributed by atoms with E-state index in [1.165, 1.54) is 33.4 Å². The summed E-state index contributed by atoms with van der Waals surface area (Å²) in [5, 5.41) is 0. The summed E-state index contributed by atoms with van der Waals surface area (Å²) in [5.74, 6) is -0.0525. The van der Waals surface area contributed by atoms with Crippen LogP contribution in [0.3, 0.4) is 0 Å². The van der Waals surface area contributed by atoms with Crippen LogP contribution in [-0.2, 0) is 11.2 Å². The number of hydrogen-bond donors (Lipinski definition) is 0. The van der Waals surface area contributed by atoms with Crippen LogP contribution in [0.5, 0.6) is 0 Å². The zero-order valence-corrected chi connectivity index (χ0v) is 10.6. The molecule has 0 fully saturated rings. The monoisotopic (exact) mass is 246 g/mol. The van der Waals surface area contributed by atoms with Crippen molar-refractivity contribution >= 4 is 12.4 Å². The summed E-state index contributed by atoms with van der Waals surface area (Å²) < 4.78 is 0. The van der Waals surface area contributed by atoms with Crippen LogP contribution in [0, 0.1) is 5.92 Å². The van der Waals surface area contributed by atoms with Gasteiger partial charge in [0.15, 0.2) is 0 Å². The number of aldehydes is 1. The maximum Gasteiger partial charge on any atom is 0.131 e. The molecule has 0 aliphatic heterocycles. The lowest BCUT2D eigenvalue weighted by Crippen LogP contribution is -2.08. The number of rotatable bonds is 1. The highest BCUT2D eigenvalue weighted by Gasteiger charge is 2.35. The van der Waals surface area contributed by atoms with Crippen molar-refractivity contribution in [2.75, 3.05) is 0 Å². The van der Waals surface area contributed by atoms with Crippen LogP contribution in [0.15, 0.2) is 64.8 Å². The molecule has 92 valence electrons. The maximum absolute atomic E-state index is 11.5. The van der Waals surface area contributed by atoms with Gasteiger partial charge in [-0.1, -0.05) is 48.6 Å². The molecule has 0 radical (unpaired) electrons. The van der Waals surface area contributed by atoms with Gasteiger partial charge in [0.1, 0.15) is 6.29 Å². The van der Waals surface area contributed by atoms with E-state index in [2.05, 4.69) is 48.6 Å². The molecule has 0 heterocycles. The molecule has 0 aromatic heterocycles. The van der Waals surface area contributed by atoms with Gasteiger partial charge in [-0.05, 0) is 46.3 Å². The first-order valence-electron chi connectivity index (χ1n) is 6.73. The van der Waals surface area contributed by atoms with Gasteiger partial charge in [-0.3, -0.25) is 0 Å². The third-order valence-corrected chi connectivity index (χ3v) is 4.33. The molecule has 3 aliphatic rings. The molecular weight excluding hydrogens is 232 g/mol. The number of carbonyl (C=O) groups excluding carboxylic acids is 1. The van der Waals surface area contributed by atoms with E-state index in [9.17, 15) is 4.79 Å². The molecule has 1 heteroatoms. The fourth-order valence-corrected chi connectivity index (χ4v) is 3.42. The molecule has 19 heavy (non-hydrogen) atoms. The van der Waals surface area contributed by atoms with Gasteiger partial charge in [-0.2, -0.15) is 0 Å².